The monoisotopic (exact) mass is 220 g/mol. The Hall–Kier alpha value is -0.930. The van der Waals surface area contributed by atoms with Crippen molar-refractivity contribution in [2.24, 2.45) is 11.3 Å². The molecule has 16 heavy (non-hydrogen) atoms. The van der Waals surface area contributed by atoms with Gasteiger partial charge in [0.2, 0.25) is 0 Å². The molecule has 2 atom stereocenters. The van der Waals surface area contributed by atoms with Gasteiger partial charge in [0.05, 0.1) is 13.2 Å². The van der Waals surface area contributed by atoms with Gasteiger partial charge in [0.1, 0.15) is 6.29 Å². The maximum Gasteiger partial charge on any atom is 0.194 e. The van der Waals surface area contributed by atoms with Crippen LogP contribution in [0.4, 0.5) is 0 Å². The molecule has 3 heteroatoms. The number of ether oxygens (including phenoxy) is 2. The van der Waals surface area contributed by atoms with Crippen molar-refractivity contribution in [1.82, 2.24) is 0 Å². The molecule has 1 heterocycles. The fourth-order valence-electron chi connectivity index (χ4n) is 3.29. The third kappa shape index (κ3) is 1.25. The van der Waals surface area contributed by atoms with E-state index in [4.69, 9.17) is 9.47 Å². The Bertz CT molecular complexity index is 365. The van der Waals surface area contributed by atoms with Gasteiger partial charge in [-0.05, 0) is 24.3 Å². The van der Waals surface area contributed by atoms with Gasteiger partial charge in [-0.3, -0.25) is 0 Å². The zero-order valence-corrected chi connectivity index (χ0v) is 9.28. The van der Waals surface area contributed by atoms with Crippen molar-refractivity contribution in [2.75, 3.05) is 13.2 Å². The largest absolute Gasteiger partial charge is 0.343 e. The molecule has 3 nitrogen and oxygen atoms in total. The van der Waals surface area contributed by atoms with Gasteiger partial charge in [-0.1, -0.05) is 18.2 Å². The van der Waals surface area contributed by atoms with Crippen LogP contribution in [0, 0.1) is 11.3 Å². The van der Waals surface area contributed by atoms with Crippen LogP contribution in [0.3, 0.4) is 0 Å². The summed E-state index contributed by atoms with van der Waals surface area (Å²) in [5.74, 6) is -0.347. The van der Waals surface area contributed by atoms with E-state index in [2.05, 4.69) is 12.7 Å². The first-order valence-electron chi connectivity index (χ1n) is 5.79. The van der Waals surface area contributed by atoms with Crippen molar-refractivity contribution in [1.29, 1.82) is 0 Å². The van der Waals surface area contributed by atoms with Crippen LogP contribution in [-0.4, -0.2) is 25.3 Å². The van der Waals surface area contributed by atoms with E-state index < -0.39 is 5.79 Å². The van der Waals surface area contributed by atoms with Crippen molar-refractivity contribution in [3.05, 3.63) is 24.3 Å². The van der Waals surface area contributed by atoms with Crippen LogP contribution in [0.15, 0.2) is 24.3 Å². The molecule has 2 fully saturated rings. The molecule has 3 aliphatic rings. The Morgan fingerprint density at radius 2 is 2.19 bits per heavy atom. The molecular formula is C13H16O3. The lowest BCUT2D eigenvalue weighted by Gasteiger charge is -2.36. The zero-order chi connectivity index (χ0) is 11.2. The van der Waals surface area contributed by atoms with Gasteiger partial charge in [0.25, 0.3) is 0 Å². The van der Waals surface area contributed by atoms with Crippen LogP contribution in [-0.2, 0) is 14.3 Å². The lowest BCUT2D eigenvalue weighted by atomic mass is 9.77. The number of hydrogen-bond acceptors (Lipinski definition) is 3. The zero-order valence-electron chi connectivity index (χ0n) is 9.28. The van der Waals surface area contributed by atoms with Gasteiger partial charge in [-0.25, -0.2) is 0 Å². The molecule has 1 aliphatic heterocycles. The molecule has 1 spiro atoms. The highest BCUT2D eigenvalue weighted by molar-refractivity contribution is 5.53. The molecule has 2 bridgehead atoms. The number of carbonyl (C=O) groups is 1. The summed E-state index contributed by atoms with van der Waals surface area (Å²) < 4.78 is 11.5. The number of carbonyl (C=O) groups excluding carboxylic acids is 1. The second-order valence-electron chi connectivity index (χ2n) is 5.08. The quantitative estimate of drug-likeness (QED) is 0.526. The predicted octanol–water partition coefficient (Wildman–Crippen LogP) is 1.84. The third-order valence-corrected chi connectivity index (χ3v) is 4.07. The highest BCUT2D eigenvalue weighted by atomic mass is 16.7. The topological polar surface area (TPSA) is 35.5 Å². The first-order valence-corrected chi connectivity index (χ1v) is 5.79. The van der Waals surface area contributed by atoms with Crippen molar-refractivity contribution in [2.45, 2.75) is 25.0 Å². The Labute approximate surface area is 95.1 Å². The minimum absolute atomic E-state index is 0.00986. The van der Waals surface area contributed by atoms with Gasteiger partial charge in [-0.2, -0.15) is 0 Å². The van der Waals surface area contributed by atoms with Gasteiger partial charge < -0.3 is 14.3 Å². The van der Waals surface area contributed by atoms with Crippen LogP contribution in [0.5, 0.6) is 0 Å². The average Bonchev–Trinajstić information content (AvgIpc) is 2.80. The normalized spacial score (nSPS) is 39.5. The number of aldehydes is 1. The fraction of sp³-hybridized carbons (Fsp3) is 0.615. The predicted molar refractivity (Wildman–Crippen MR) is 58.8 cm³/mol. The molecule has 0 aromatic rings. The Balaban J connectivity index is 1.97. The van der Waals surface area contributed by atoms with Crippen molar-refractivity contribution in [3.8, 4) is 0 Å². The minimum Gasteiger partial charge on any atom is -0.343 e. The average molecular weight is 220 g/mol. The summed E-state index contributed by atoms with van der Waals surface area (Å²) in [6.45, 7) is 5.42. The third-order valence-electron chi connectivity index (χ3n) is 4.07. The van der Waals surface area contributed by atoms with Crippen LogP contribution in [0.25, 0.3) is 0 Å². The first-order chi connectivity index (χ1) is 7.70. The van der Waals surface area contributed by atoms with E-state index in [0.717, 1.165) is 24.7 Å². The molecular weight excluding hydrogens is 204 g/mol. The fourth-order valence-corrected chi connectivity index (χ4v) is 3.29. The summed E-state index contributed by atoms with van der Waals surface area (Å²) in [6, 6.07) is 0. The van der Waals surface area contributed by atoms with Crippen molar-refractivity contribution < 1.29 is 14.3 Å². The molecule has 86 valence electrons. The van der Waals surface area contributed by atoms with Crippen LogP contribution in [0.1, 0.15) is 19.3 Å². The molecule has 0 radical (unpaired) electrons. The van der Waals surface area contributed by atoms with Crippen LogP contribution >= 0.6 is 0 Å². The van der Waals surface area contributed by atoms with Gasteiger partial charge in [-0.15, -0.1) is 0 Å². The van der Waals surface area contributed by atoms with Crippen LogP contribution < -0.4 is 0 Å². The van der Waals surface area contributed by atoms with Crippen molar-refractivity contribution >= 4 is 6.29 Å². The van der Waals surface area contributed by atoms with Gasteiger partial charge in [0.15, 0.2) is 5.79 Å². The van der Waals surface area contributed by atoms with Crippen LogP contribution in [0.2, 0.25) is 0 Å². The molecule has 1 saturated heterocycles. The highest BCUT2D eigenvalue weighted by Crippen LogP contribution is 2.57. The maximum atomic E-state index is 10.7. The summed E-state index contributed by atoms with van der Waals surface area (Å²) >= 11 is 0. The van der Waals surface area contributed by atoms with E-state index in [1.807, 2.05) is 6.08 Å². The first kappa shape index (κ1) is 10.2. The van der Waals surface area contributed by atoms with Crippen molar-refractivity contribution in [3.63, 3.8) is 0 Å². The van der Waals surface area contributed by atoms with E-state index >= 15 is 0 Å². The maximum absolute atomic E-state index is 10.7. The molecule has 2 aliphatic carbocycles. The van der Waals surface area contributed by atoms with E-state index in [9.17, 15) is 4.79 Å². The number of hydrogen-bond donors (Lipinski definition) is 0. The molecule has 1 saturated carbocycles. The molecule has 0 aromatic carbocycles. The molecule has 0 amide bonds. The van der Waals surface area contributed by atoms with Gasteiger partial charge in [0, 0.05) is 12.3 Å². The standard InChI is InChI=1S/C13H16O3/c1-10-8-12(4-5-14)2-3-13(11(10)9-12)15-6-7-16-13/h2-3,5,11H,1,4,6-9H2/t11-,12+/m1/s1. The van der Waals surface area contributed by atoms with E-state index in [-0.39, 0.29) is 11.3 Å². The molecule has 0 aromatic heterocycles. The smallest absolute Gasteiger partial charge is 0.194 e. The number of allylic oxidation sites excluding steroid dienone is 1. The number of fused-ring (bicyclic) bond motifs is 3. The summed E-state index contributed by atoms with van der Waals surface area (Å²) in [7, 11) is 0. The summed E-state index contributed by atoms with van der Waals surface area (Å²) in [5.41, 5.74) is 1.15. The molecule has 3 rings (SSSR count). The Morgan fingerprint density at radius 1 is 1.44 bits per heavy atom. The van der Waals surface area contributed by atoms with Gasteiger partial charge >= 0.3 is 0 Å². The van der Waals surface area contributed by atoms with E-state index in [1.165, 1.54) is 0 Å². The second kappa shape index (κ2) is 3.28. The summed E-state index contributed by atoms with van der Waals surface area (Å²) in [6.07, 6.45) is 7.53. The Kier molecular flexibility index (Phi) is 2.10. The highest BCUT2D eigenvalue weighted by Gasteiger charge is 2.55. The minimum atomic E-state index is -0.569. The Morgan fingerprint density at radius 3 is 2.88 bits per heavy atom. The second-order valence-corrected chi connectivity index (χ2v) is 5.08. The lowest BCUT2D eigenvalue weighted by molar-refractivity contribution is -0.152. The summed E-state index contributed by atoms with van der Waals surface area (Å²) in [5, 5.41) is 0. The van der Waals surface area contributed by atoms with E-state index in [0.29, 0.717) is 19.6 Å². The SMILES string of the molecule is C=C1C[C@@]2(CC=O)C=CC3(OCCO3)[C@@H]1C2. The number of rotatable bonds is 2. The summed E-state index contributed by atoms with van der Waals surface area (Å²) in [4.78, 5) is 10.7. The molecule has 0 N–H and O–H groups in total. The van der Waals surface area contributed by atoms with E-state index in [1.54, 1.807) is 0 Å². The molecule has 0 unspecified atom stereocenters. The lowest BCUT2D eigenvalue weighted by Crippen LogP contribution is -2.40.